The number of hydrogen-bond donors (Lipinski definition) is 2. The number of imidazole rings is 1. The number of aromatic amines is 2. The molecule has 0 aliphatic carbocycles. The van der Waals surface area contributed by atoms with Crippen LogP contribution in [0.1, 0.15) is 31.0 Å². The van der Waals surface area contributed by atoms with Crippen LogP contribution in [0.2, 0.25) is 0 Å². The summed E-state index contributed by atoms with van der Waals surface area (Å²) in [7, 11) is 0. The molecule has 7 heterocycles. The standard InChI is InChI=1S/C26H19FN8OS/c1-2-3-4-18(36)35-14-9-13(10-28-11-14)15-12-30-25-20(21(15)27)24(33-34-25)26-31-16-7-8-29-23(22(16)32-26)17-5-6-19(35)37-17/h5-12H,2-4H2,1H3,(H,31,32)(H,30,33,34). The van der Waals surface area contributed by atoms with E-state index in [2.05, 4.69) is 30.1 Å². The molecular weight excluding hydrogens is 491 g/mol. The van der Waals surface area contributed by atoms with Crippen LogP contribution >= 0.6 is 11.3 Å². The highest BCUT2D eigenvalue weighted by atomic mass is 32.1. The highest BCUT2D eigenvalue weighted by molar-refractivity contribution is 7.24. The van der Waals surface area contributed by atoms with E-state index in [0.29, 0.717) is 45.2 Å². The number of halogens is 1. The molecule has 0 aromatic carbocycles. The van der Waals surface area contributed by atoms with Crippen LogP contribution in [0.15, 0.2) is 49.1 Å². The quantitative estimate of drug-likeness (QED) is 0.292. The molecule has 0 saturated carbocycles. The fourth-order valence-corrected chi connectivity index (χ4v) is 5.70. The molecule has 182 valence electrons. The molecule has 0 aliphatic rings. The molecule has 0 spiro atoms. The molecule has 9 nitrogen and oxygen atoms in total. The lowest BCUT2D eigenvalue weighted by Gasteiger charge is -2.07. The first-order chi connectivity index (χ1) is 18.1. The summed E-state index contributed by atoms with van der Waals surface area (Å²) in [6.45, 7) is 2.05. The van der Waals surface area contributed by atoms with Gasteiger partial charge in [-0.2, -0.15) is 5.10 Å². The second-order valence-corrected chi connectivity index (χ2v) is 9.89. The van der Waals surface area contributed by atoms with Gasteiger partial charge in [0, 0.05) is 35.8 Å². The molecule has 11 heteroatoms. The van der Waals surface area contributed by atoms with Crippen molar-refractivity contribution < 1.29 is 9.18 Å². The molecule has 8 bridgehead atoms. The van der Waals surface area contributed by atoms with E-state index in [1.807, 2.05) is 25.1 Å². The van der Waals surface area contributed by atoms with Gasteiger partial charge in [0.2, 0.25) is 5.91 Å². The van der Waals surface area contributed by atoms with Crippen molar-refractivity contribution in [3.05, 3.63) is 54.9 Å². The van der Waals surface area contributed by atoms with Gasteiger partial charge in [-0.1, -0.05) is 13.3 Å². The maximum Gasteiger partial charge on any atom is 0.232 e. The first-order valence-corrected chi connectivity index (χ1v) is 12.7. The van der Waals surface area contributed by atoms with E-state index < -0.39 is 5.82 Å². The first-order valence-electron chi connectivity index (χ1n) is 11.9. The fraction of sp³-hybridized carbons (Fsp3) is 0.154. The summed E-state index contributed by atoms with van der Waals surface area (Å²) in [6, 6.07) is 7.43. The van der Waals surface area contributed by atoms with E-state index in [1.54, 1.807) is 29.2 Å². The Bertz CT molecular complexity index is 2080. The second kappa shape index (κ2) is 8.27. The van der Waals surface area contributed by atoms with Gasteiger partial charge in [-0.25, -0.2) is 14.4 Å². The molecule has 2 N–H and O–H groups in total. The Morgan fingerprint density at radius 3 is 2.89 bits per heavy atom. The van der Waals surface area contributed by atoms with Crippen molar-refractivity contribution in [3.63, 3.8) is 0 Å². The van der Waals surface area contributed by atoms with Gasteiger partial charge < -0.3 is 4.98 Å². The molecule has 37 heavy (non-hydrogen) atoms. The summed E-state index contributed by atoms with van der Waals surface area (Å²) in [5, 5.41) is 8.13. The zero-order valence-corrected chi connectivity index (χ0v) is 20.4. The average molecular weight is 511 g/mol. The number of hydrogen-bond acceptors (Lipinski definition) is 7. The summed E-state index contributed by atoms with van der Waals surface area (Å²) >= 11 is 1.44. The summed E-state index contributed by atoms with van der Waals surface area (Å²) in [6.07, 6.45) is 8.37. The largest absolute Gasteiger partial charge is 0.336 e. The number of nitrogens with one attached hydrogen (secondary N) is 2. The van der Waals surface area contributed by atoms with Crippen LogP contribution in [0.5, 0.6) is 0 Å². The van der Waals surface area contributed by atoms with Crippen LogP contribution in [-0.2, 0) is 0 Å². The number of fused-ring (bicyclic) bond motifs is 9. The Kier molecular flexibility index (Phi) is 4.86. The van der Waals surface area contributed by atoms with E-state index in [4.69, 9.17) is 4.98 Å². The third-order valence-electron chi connectivity index (χ3n) is 6.48. The fourth-order valence-electron chi connectivity index (χ4n) is 4.66. The highest BCUT2D eigenvalue weighted by Crippen LogP contribution is 2.31. The maximum atomic E-state index is 16.1. The summed E-state index contributed by atoms with van der Waals surface area (Å²) < 4.78 is 18.6. The Labute approximate surface area is 211 Å². The third-order valence-corrected chi connectivity index (χ3v) is 7.56. The van der Waals surface area contributed by atoms with E-state index in [9.17, 15) is 4.79 Å². The van der Waals surface area contributed by atoms with Crippen molar-refractivity contribution in [2.75, 3.05) is 0 Å². The Morgan fingerprint density at radius 2 is 2.00 bits per heavy atom. The average Bonchev–Trinajstić information content (AvgIpc) is 3.65. The summed E-state index contributed by atoms with van der Waals surface area (Å²) in [4.78, 5) is 35.6. The topological polar surface area (TPSA) is 118 Å². The lowest BCUT2D eigenvalue weighted by Crippen LogP contribution is -2.10. The molecule has 0 radical (unpaired) electrons. The van der Waals surface area contributed by atoms with Crippen LogP contribution in [0.4, 0.5) is 4.39 Å². The number of unbranched alkanes of at least 4 members (excludes halogenated alkanes) is 1. The van der Waals surface area contributed by atoms with E-state index >= 15 is 4.39 Å². The van der Waals surface area contributed by atoms with Crippen LogP contribution < -0.4 is 0 Å². The number of thiophene rings is 1. The number of carbonyl (C=O) groups excluding carboxylic acids is 1. The number of aromatic nitrogens is 8. The lowest BCUT2D eigenvalue weighted by atomic mass is 10.1. The molecule has 7 aromatic heterocycles. The number of nitrogens with zero attached hydrogens (tertiary/aromatic N) is 6. The second-order valence-electron chi connectivity index (χ2n) is 8.83. The van der Waals surface area contributed by atoms with Gasteiger partial charge >= 0.3 is 0 Å². The van der Waals surface area contributed by atoms with Crippen LogP contribution in [-0.4, -0.2) is 45.6 Å². The van der Waals surface area contributed by atoms with Crippen molar-refractivity contribution in [2.45, 2.75) is 26.2 Å². The SMILES string of the molecule is CCCCC(=O)n1c2cncc(c2)c2cnc3[nH]nc(c4nc5c(ccnc5c5ccc1s5)[nH]4)c3c2F. The van der Waals surface area contributed by atoms with Gasteiger partial charge in [-0.3, -0.25) is 24.4 Å². The number of carbonyl (C=O) groups is 1. The van der Waals surface area contributed by atoms with E-state index in [0.717, 1.165) is 27.9 Å². The molecule has 7 rings (SSSR count). The van der Waals surface area contributed by atoms with E-state index in [-0.39, 0.29) is 16.7 Å². The number of pyridine rings is 3. The third kappa shape index (κ3) is 3.34. The molecule has 0 aliphatic heterocycles. The minimum Gasteiger partial charge on any atom is -0.336 e. The van der Waals surface area contributed by atoms with Crippen molar-refractivity contribution >= 4 is 81.8 Å². The Morgan fingerprint density at radius 1 is 1.08 bits per heavy atom. The summed E-state index contributed by atoms with van der Waals surface area (Å²) in [5.74, 6) is -0.555. The summed E-state index contributed by atoms with van der Waals surface area (Å²) in [5.41, 5.74) is 3.64. The van der Waals surface area contributed by atoms with E-state index in [1.165, 1.54) is 17.5 Å². The molecule has 0 saturated heterocycles. The van der Waals surface area contributed by atoms with Gasteiger partial charge in [0.15, 0.2) is 11.3 Å². The minimum absolute atomic E-state index is 0.0575. The Hall–Kier alpha value is -4.51. The molecule has 0 amide bonds. The lowest BCUT2D eigenvalue weighted by molar-refractivity contribution is 0.0909. The van der Waals surface area contributed by atoms with Gasteiger partial charge in [0.05, 0.1) is 27.3 Å². The normalized spacial score (nSPS) is 11.9. The molecule has 0 unspecified atom stereocenters. The molecule has 7 aromatic rings. The van der Waals surface area contributed by atoms with Crippen LogP contribution in [0.25, 0.3) is 64.6 Å². The zero-order chi connectivity index (χ0) is 25.1. The predicted octanol–water partition coefficient (Wildman–Crippen LogP) is 6.19. The highest BCUT2D eigenvalue weighted by Gasteiger charge is 2.16. The van der Waals surface area contributed by atoms with Gasteiger partial charge in [-0.15, -0.1) is 11.3 Å². The first kappa shape index (κ1) is 21.7. The van der Waals surface area contributed by atoms with Gasteiger partial charge in [-0.05, 0) is 30.7 Å². The molecule has 0 fully saturated rings. The minimum atomic E-state index is -0.497. The van der Waals surface area contributed by atoms with Crippen LogP contribution in [0, 0.1) is 5.82 Å². The van der Waals surface area contributed by atoms with Crippen molar-refractivity contribution in [1.29, 1.82) is 0 Å². The Balaban J connectivity index is 1.74. The zero-order valence-electron chi connectivity index (χ0n) is 19.6. The number of H-pyrrole nitrogens is 2. The smallest absolute Gasteiger partial charge is 0.232 e. The van der Waals surface area contributed by atoms with Crippen molar-refractivity contribution in [1.82, 2.24) is 39.7 Å². The van der Waals surface area contributed by atoms with Gasteiger partial charge in [0.1, 0.15) is 27.2 Å². The van der Waals surface area contributed by atoms with Crippen LogP contribution in [0.3, 0.4) is 0 Å². The number of rotatable bonds is 3. The molecular formula is C26H19FN8OS. The van der Waals surface area contributed by atoms with Gasteiger partial charge in [0.25, 0.3) is 0 Å². The monoisotopic (exact) mass is 510 g/mol. The van der Waals surface area contributed by atoms with Crippen molar-refractivity contribution in [3.8, 4) is 0 Å². The maximum absolute atomic E-state index is 16.1. The van der Waals surface area contributed by atoms with Crippen molar-refractivity contribution in [2.24, 2.45) is 0 Å². The molecule has 0 atom stereocenters. The predicted molar refractivity (Wildman–Crippen MR) is 143 cm³/mol.